The quantitative estimate of drug-likeness (QED) is 0.542. The normalized spacial score (nSPS) is 11.3. The Morgan fingerprint density at radius 1 is 1.07 bits per heavy atom. The molecule has 28 heavy (non-hydrogen) atoms. The summed E-state index contributed by atoms with van der Waals surface area (Å²) >= 11 is 0. The van der Waals surface area contributed by atoms with E-state index < -0.39 is 11.2 Å². The molecule has 2 aromatic carbocycles. The Bertz CT molecular complexity index is 1260. The first-order chi connectivity index (χ1) is 13.7. The van der Waals surface area contributed by atoms with E-state index in [-0.39, 0.29) is 0 Å². The van der Waals surface area contributed by atoms with Crippen molar-refractivity contribution >= 4 is 17.1 Å². The second-order valence-corrected chi connectivity index (χ2v) is 6.00. The number of para-hydroxylation sites is 1. The molecule has 0 unspecified atom stereocenters. The number of fused-ring (bicyclic) bond motifs is 1. The predicted molar refractivity (Wildman–Crippen MR) is 107 cm³/mol. The number of ether oxygens (including phenoxy) is 1. The third-order valence-corrected chi connectivity index (χ3v) is 4.16. The minimum atomic E-state index is -0.613. The molecule has 0 radical (unpaired) electrons. The molecule has 4 aromatic rings. The van der Waals surface area contributed by atoms with Gasteiger partial charge in [0.25, 0.3) is 5.56 Å². The summed E-state index contributed by atoms with van der Waals surface area (Å²) in [5, 5.41) is 4.38. The van der Waals surface area contributed by atoms with E-state index in [0.717, 1.165) is 16.0 Å². The molecule has 7 nitrogen and oxygen atoms in total. The van der Waals surface area contributed by atoms with E-state index in [2.05, 4.69) is 10.1 Å². The topological polar surface area (TPSA) is 89.6 Å². The molecular formula is C21H17N3O4. The van der Waals surface area contributed by atoms with Gasteiger partial charge < -0.3 is 14.1 Å². The molecule has 140 valence electrons. The highest BCUT2D eigenvalue weighted by molar-refractivity contribution is 5.79. The number of hydrogen-bond acceptors (Lipinski definition) is 5. The molecule has 1 N–H and O–H groups in total. The van der Waals surface area contributed by atoms with Crippen LogP contribution in [-0.2, 0) is 0 Å². The maximum Gasteiger partial charge on any atom is 0.349 e. The first kappa shape index (κ1) is 17.5. The van der Waals surface area contributed by atoms with Gasteiger partial charge in [0, 0.05) is 5.56 Å². The minimum absolute atomic E-state index is 0.383. The van der Waals surface area contributed by atoms with Crippen LogP contribution in [0.15, 0.2) is 79.8 Å². The lowest BCUT2D eigenvalue weighted by atomic mass is 10.2. The lowest BCUT2D eigenvalue weighted by Gasteiger charge is -2.03. The molecule has 0 amide bonds. The molecular weight excluding hydrogens is 358 g/mol. The Hall–Kier alpha value is -3.87. The standard InChI is InChI=1S/C21H17N3O4/c1-2-27-15-9-7-14(8-10-15)19-12-11-16(28-19)13-22-24-20(25)17-5-3-4-6-18(17)23-21(24)26/h3-13H,2H2,1H3,(H,23,26). The van der Waals surface area contributed by atoms with E-state index in [4.69, 9.17) is 9.15 Å². The summed E-state index contributed by atoms with van der Waals surface area (Å²) in [5.41, 5.74) is 0.246. The summed E-state index contributed by atoms with van der Waals surface area (Å²) in [6.45, 7) is 2.53. The van der Waals surface area contributed by atoms with Crippen molar-refractivity contribution in [3.05, 3.63) is 87.3 Å². The Balaban J connectivity index is 1.62. The van der Waals surface area contributed by atoms with Crippen LogP contribution in [0.3, 0.4) is 0 Å². The van der Waals surface area contributed by atoms with Crippen LogP contribution in [0.25, 0.3) is 22.2 Å². The molecule has 0 aliphatic rings. The van der Waals surface area contributed by atoms with Gasteiger partial charge >= 0.3 is 5.69 Å². The van der Waals surface area contributed by atoms with E-state index in [1.807, 2.05) is 31.2 Å². The van der Waals surface area contributed by atoms with Crippen LogP contribution in [0, 0.1) is 0 Å². The van der Waals surface area contributed by atoms with E-state index >= 15 is 0 Å². The van der Waals surface area contributed by atoms with Gasteiger partial charge in [-0.3, -0.25) is 4.79 Å². The van der Waals surface area contributed by atoms with Crippen molar-refractivity contribution in [2.24, 2.45) is 5.10 Å². The van der Waals surface area contributed by atoms with E-state index in [9.17, 15) is 9.59 Å². The van der Waals surface area contributed by atoms with E-state index in [0.29, 0.717) is 29.0 Å². The maximum atomic E-state index is 12.5. The third-order valence-electron chi connectivity index (χ3n) is 4.16. The number of aromatic amines is 1. The zero-order chi connectivity index (χ0) is 19.5. The van der Waals surface area contributed by atoms with Crippen molar-refractivity contribution in [2.45, 2.75) is 6.92 Å². The van der Waals surface area contributed by atoms with Crippen LogP contribution < -0.4 is 16.0 Å². The molecule has 0 bridgehead atoms. The Morgan fingerprint density at radius 2 is 1.86 bits per heavy atom. The van der Waals surface area contributed by atoms with Gasteiger partial charge in [-0.15, -0.1) is 4.68 Å². The molecule has 0 aliphatic heterocycles. The molecule has 0 spiro atoms. The van der Waals surface area contributed by atoms with Gasteiger partial charge in [-0.2, -0.15) is 5.10 Å². The molecule has 0 fully saturated rings. The molecule has 7 heteroatoms. The first-order valence-electron chi connectivity index (χ1n) is 8.77. The lowest BCUT2D eigenvalue weighted by Crippen LogP contribution is -2.32. The highest BCUT2D eigenvalue weighted by atomic mass is 16.5. The van der Waals surface area contributed by atoms with Crippen LogP contribution in [0.5, 0.6) is 5.75 Å². The fraction of sp³-hybridized carbons (Fsp3) is 0.0952. The molecule has 2 heterocycles. The van der Waals surface area contributed by atoms with Gasteiger partial charge in [-0.1, -0.05) is 12.1 Å². The van der Waals surface area contributed by atoms with Crippen molar-refractivity contribution in [3.8, 4) is 17.1 Å². The number of furan rings is 1. The fourth-order valence-corrected chi connectivity index (χ4v) is 2.83. The van der Waals surface area contributed by atoms with Crippen molar-refractivity contribution in [1.29, 1.82) is 0 Å². The predicted octanol–water partition coefficient (Wildman–Crippen LogP) is 3.23. The minimum Gasteiger partial charge on any atom is -0.494 e. The van der Waals surface area contributed by atoms with E-state index in [1.54, 1.807) is 36.4 Å². The highest BCUT2D eigenvalue weighted by Crippen LogP contribution is 2.24. The fourth-order valence-electron chi connectivity index (χ4n) is 2.83. The van der Waals surface area contributed by atoms with Gasteiger partial charge in [-0.25, -0.2) is 4.79 Å². The average molecular weight is 375 g/mol. The smallest absolute Gasteiger partial charge is 0.349 e. The summed E-state index contributed by atoms with van der Waals surface area (Å²) in [6, 6.07) is 17.8. The Kier molecular flexibility index (Phi) is 4.63. The van der Waals surface area contributed by atoms with Gasteiger partial charge in [0.15, 0.2) is 0 Å². The molecule has 0 aliphatic carbocycles. The number of aromatic nitrogens is 2. The van der Waals surface area contributed by atoms with Crippen LogP contribution in [0.2, 0.25) is 0 Å². The summed E-state index contributed by atoms with van der Waals surface area (Å²) in [6.07, 6.45) is 1.34. The zero-order valence-corrected chi connectivity index (χ0v) is 15.1. The summed E-state index contributed by atoms with van der Waals surface area (Å²) in [4.78, 5) is 27.2. The van der Waals surface area contributed by atoms with Gasteiger partial charge in [0.2, 0.25) is 0 Å². The maximum absolute atomic E-state index is 12.5. The highest BCUT2D eigenvalue weighted by Gasteiger charge is 2.07. The van der Waals surface area contributed by atoms with Gasteiger partial charge in [0.05, 0.1) is 23.7 Å². The molecule has 4 rings (SSSR count). The Morgan fingerprint density at radius 3 is 2.64 bits per heavy atom. The third kappa shape index (κ3) is 3.37. The number of H-pyrrole nitrogens is 1. The summed E-state index contributed by atoms with van der Waals surface area (Å²) < 4.78 is 11.9. The number of nitrogens with zero attached hydrogens (tertiary/aromatic N) is 2. The molecule has 0 atom stereocenters. The number of hydrogen-bond donors (Lipinski definition) is 1. The van der Waals surface area contributed by atoms with Gasteiger partial charge in [0.1, 0.15) is 17.3 Å². The van der Waals surface area contributed by atoms with Crippen LogP contribution in [0.4, 0.5) is 0 Å². The lowest BCUT2D eigenvalue weighted by molar-refractivity contribution is 0.340. The Labute approximate surface area is 159 Å². The average Bonchev–Trinajstić information content (AvgIpc) is 3.18. The van der Waals surface area contributed by atoms with Crippen molar-refractivity contribution in [2.75, 3.05) is 6.61 Å². The molecule has 0 saturated heterocycles. The van der Waals surface area contributed by atoms with Crippen molar-refractivity contribution < 1.29 is 9.15 Å². The molecule has 0 saturated carbocycles. The largest absolute Gasteiger partial charge is 0.494 e. The SMILES string of the molecule is CCOc1ccc(-c2ccc(C=Nn3c(=O)[nH]c4ccccc4c3=O)o2)cc1. The first-order valence-corrected chi connectivity index (χ1v) is 8.77. The van der Waals surface area contributed by atoms with Crippen LogP contribution >= 0.6 is 0 Å². The van der Waals surface area contributed by atoms with Crippen LogP contribution in [0.1, 0.15) is 12.7 Å². The monoisotopic (exact) mass is 375 g/mol. The van der Waals surface area contributed by atoms with Crippen molar-refractivity contribution in [1.82, 2.24) is 9.66 Å². The molecule has 2 aromatic heterocycles. The second-order valence-electron chi connectivity index (χ2n) is 6.00. The van der Waals surface area contributed by atoms with Crippen LogP contribution in [-0.4, -0.2) is 22.5 Å². The second kappa shape index (κ2) is 7.40. The number of nitrogens with one attached hydrogen (secondary N) is 1. The van der Waals surface area contributed by atoms with Crippen molar-refractivity contribution in [3.63, 3.8) is 0 Å². The van der Waals surface area contributed by atoms with E-state index in [1.165, 1.54) is 6.21 Å². The zero-order valence-electron chi connectivity index (χ0n) is 15.1. The summed E-state index contributed by atoms with van der Waals surface area (Å²) in [7, 11) is 0. The number of benzene rings is 2. The van der Waals surface area contributed by atoms with Gasteiger partial charge in [-0.05, 0) is 55.5 Å². The summed E-state index contributed by atoms with van der Waals surface area (Å²) in [5.74, 6) is 1.85. The number of rotatable bonds is 5.